The Balaban J connectivity index is 1.90. The van der Waals surface area contributed by atoms with E-state index in [0.29, 0.717) is 5.75 Å². The van der Waals surface area contributed by atoms with E-state index < -0.39 is 5.60 Å². The van der Waals surface area contributed by atoms with Gasteiger partial charge in [0.1, 0.15) is 0 Å². The van der Waals surface area contributed by atoms with Crippen molar-refractivity contribution in [3.8, 4) is 0 Å². The Kier molecular flexibility index (Phi) is 4.57. The van der Waals surface area contributed by atoms with Gasteiger partial charge in [-0.1, -0.05) is 0 Å². The summed E-state index contributed by atoms with van der Waals surface area (Å²) in [7, 11) is 0. The number of benzene rings is 1. The van der Waals surface area contributed by atoms with E-state index in [1.54, 1.807) is 18.7 Å². The lowest BCUT2D eigenvalue weighted by atomic mass is 10.1. The first-order chi connectivity index (χ1) is 9.50. The Hall–Kier alpha value is -1.66. The zero-order valence-electron chi connectivity index (χ0n) is 11.6. The molecule has 1 unspecified atom stereocenters. The van der Waals surface area contributed by atoms with E-state index in [0.717, 1.165) is 16.6 Å². The number of aromatic amines is 1. The lowest BCUT2D eigenvalue weighted by molar-refractivity contribution is 0.0876. The molecule has 6 heteroatoms. The maximum atomic E-state index is 11.8. The van der Waals surface area contributed by atoms with Crippen LogP contribution in [0.15, 0.2) is 30.5 Å². The molecule has 1 atom stereocenters. The molecule has 4 N–H and O–H groups in total. The van der Waals surface area contributed by atoms with Gasteiger partial charge in [0.2, 0.25) is 0 Å². The van der Waals surface area contributed by atoms with Crippen LogP contribution in [0.25, 0.3) is 10.9 Å². The number of hydrogen-bond acceptors (Lipinski definition) is 3. The lowest BCUT2D eigenvalue weighted by Crippen LogP contribution is -2.43. The van der Waals surface area contributed by atoms with Crippen molar-refractivity contribution in [1.82, 2.24) is 10.3 Å². The SMILES string of the molecule is CSCC(C)(O)CNC(=O)Nc1ccc2[nH]ccc2c1. The minimum absolute atomic E-state index is 0.214. The lowest BCUT2D eigenvalue weighted by Gasteiger charge is -2.22. The molecule has 2 aromatic rings. The molecule has 2 rings (SSSR count). The van der Waals surface area contributed by atoms with Gasteiger partial charge in [0.05, 0.1) is 5.60 Å². The molecule has 0 aliphatic carbocycles. The van der Waals surface area contributed by atoms with Crippen LogP contribution >= 0.6 is 11.8 Å². The highest BCUT2D eigenvalue weighted by molar-refractivity contribution is 7.98. The fourth-order valence-electron chi connectivity index (χ4n) is 1.94. The number of amides is 2. The monoisotopic (exact) mass is 293 g/mol. The van der Waals surface area contributed by atoms with Crippen LogP contribution in [0.4, 0.5) is 10.5 Å². The first kappa shape index (κ1) is 14.7. The third kappa shape index (κ3) is 3.91. The molecule has 5 nitrogen and oxygen atoms in total. The number of aromatic nitrogens is 1. The van der Waals surface area contributed by atoms with Gasteiger partial charge in [-0.3, -0.25) is 0 Å². The highest BCUT2D eigenvalue weighted by Gasteiger charge is 2.20. The molecule has 0 radical (unpaired) electrons. The molecular formula is C14H19N3O2S. The number of anilines is 1. The number of carbonyl (C=O) groups excluding carboxylic acids is 1. The fourth-order valence-corrected chi connectivity index (χ4v) is 2.66. The molecular weight excluding hydrogens is 274 g/mol. The predicted octanol–water partition coefficient (Wildman–Crippen LogP) is 2.40. The minimum atomic E-state index is -0.901. The van der Waals surface area contributed by atoms with Gasteiger partial charge >= 0.3 is 6.03 Å². The molecule has 2 amide bonds. The second-order valence-corrected chi connectivity index (χ2v) is 5.88. The largest absolute Gasteiger partial charge is 0.387 e. The number of carbonyl (C=O) groups is 1. The maximum Gasteiger partial charge on any atom is 0.319 e. The number of aliphatic hydroxyl groups is 1. The van der Waals surface area contributed by atoms with Gasteiger partial charge in [0.15, 0.2) is 0 Å². The molecule has 0 bridgehead atoms. The summed E-state index contributed by atoms with van der Waals surface area (Å²) >= 11 is 1.54. The minimum Gasteiger partial charge on any atom is -0.387 e. The van der Waals surface area contributed by atoms with E-state index in [2.05, 4.69) is 15.6 Å². The number of H-pyrrole nitrogens is 1. The highest BCUT2D eigenvalue weighted by Crippen LogP contribution is 2.17. The first-order valence-corrected chi connectivity index (χ1v) is 7.73. The number of nitrogens with one attached hydrogen (secondary N) is 3. The summed E-state index contributed by atoms with van der Waals surface area (Å²) < 4.78 is 0. The van der Waals surface area contributed by atoms with Crippen molar-refractivity contribution in [1.29, 1.82) is 0 Å². The van der Waals surface area contributed by atoms with Crippen LogP contribution in [0.1, 0.15) is 6.92 Å². The summed E-state index contributed by atoms with van der Waals surface area (Å²) in [6.45, 7) is 1.92. The molecule has 0 aliphatic heterocycles. The van der Waals surface area contributed by atoms with Crippen molar-refractivity contribution in [2.45, 2.75) is 12.5 Å². The molecule has 0 saturated heterocycles. The van der Waals surface area contributed by atoms with Gasteiger partial charge in [0, 0.05) is 35.1 Å². The number of urea groups is 1. The number of rotatable bonds is 5. The summed E-state index contributed by atoms with van der Waals surface area (Å²) in [6.07, 6.45) is 3.77. The quantitative estimate of drug-likeness (QED) is 0.683. The van der Waals surface area contributed by atoms with E-state index in [1.807, 2.05) is 36.7 Å². The topological polar surface area (TPSA) is 77.2 Å². The molecule has 1 aromatic carbocycles. The second kappa shape index (κ2) is 6.19. The van der Waals surface area contributed by atoms with Crippen molar-refractivity contribution < 1.29 is 9.90 Å². The molecule has 0 fully saturated rings. The smallest absolute Gasteiger partial charge is 0.319 e. The summed E-state index contributed by atoms with van der Waals surface area (Å²) in [5.41, 5.74) is 0.847. The standard InChI is InChI=1S/C14H19N3O2S/c1-14(19,9-20-2)8-16-13(18)17-11-3-4-12-10(7-11)5-6-15-12/h3-7,15,19H,8-9H2,1-2H3,(H2,16,17,18). The zero-order valence-corrected chi connectivity index (χ0v) is 12.4. The van der Waals surface area contributed by atoms with E-state index in [-0.39, 0.29) is 12.6 Å². The Morgan fingerprint density at radius 1 is 1.45 bits per heavy atom. The molecule has 20 heavy (non-hydrogen) atoms. The Morgan fingerprint density at radius 2 is 2.25 bits per heavy atom. The number of thioether (sulfide) groups is 1. The average Bonchev–Trinajstić information content (AvgIpc) is 2.84. The number of fused-ring (bicyclic) bond motifs is 1. The number of hydrogen-bond donors (Lipinski definition) is 4. The molecule has 0 spiro atoms. The third-order valence-corrected chi connectivity index (χ3v) is 3.81. The summed E-state index contributed by atoms with van der Waals surface area (Å²) in [5, 5.41) is 16.4. The van der Waals surface area contributed by atoms with Crippen molar-refractivity contribution in [3.05, 3.63) is 30.5 Å². The van der Waals surface area contributed by atoms with Gasteiger partial charge < -0.3 is 20.7 Å². The fraction of sp³-hybridized carbons (Fsp3) is 0.357. The van der Waals surface area contributed by atoms with Gasteiger partial charge in [-0.25, -0.2) is 4.79 Å². The van der Waals surface area contributed by atoms with Crippen LogP contribution in [0.3, 0.4) is 0 Å². The van der Waals surface area contributed by atoms with Crippen LogP contribution in [0.2, 0.25) is 0 Å². The molecule has 1 heterocycles. The van der Waals surface area contributed by atoms with E-state index in [1.165, 1.54) is 0 Å². The van der Waals surface area contributed by atoms with Crippen molar-refractivity contribution >= 4 is 34.4 Å². The average molecular weight is 293 g/mol. The van der Waals surface area contributed by atoms with E-state index in [4.69, 9.17) is 0 Å². The molecule has 0 aliphatic rings. The van der Waals surface area contributed by atoms with Gasteiger partial charge in [-0.05, 0) is 37.4 Å². The van der Waals surface area contributed by atoms with Crippen LogP contribution in [-0.4, -0.2) is 40.3 Å². The van der Waals surface area contributed by atoms with Gasteiger partial charge in [-0.15, -0.1) is 0 Å². The Morgan fingerprint density at radius 3 is 3.00 bits per heavy atom. The van der Waals surface area contributed by atoms with Crippen LogP contribution in [0, 0.1) is 0 Å². The van der Waals surface area contributed by atoms with Crippen LogP contribution in [0.5, 0.6) is 0 Å². The van der Waals surface area contributed by atoms with Crippen LogP contribution < -0.4 is 10.6 Å². The van der Waals surface area contributed by atoms with Gasteiger partial charge in [-0.2, -0.15) is 11.8 Å². The third-order valence-electron chi connectivity index (χ3n) is 2.90. The molecule has 1 aromatic heterocycles. The maximum absolute atomic E-state index is 11.8. The van der Waals surface area contributed by atoms with Crippen molar-refractivity contribution in [3.63, 3.8) is 0 Å². The summed E-state index contributed by atoms with van der Waals surface area (Å²) in [6, 6.07) is 7.27. The first-order valence-electron chi connectivity index (χ1n) is 6.33. The van der Waals surface area contributed by atoms with Gasteiger partial charge in [0.25, 0.3) is 0 Å². The molecule has 108 valence electrons. The summed E-state index contributed by atoms with van der Waals surface area (Å²) in [4.78, 5) is 14.9. The summed E-state index contributed by atoms with van der Waals surface area (Å²) in [5.74, 6) is 0.572. The second-order valence-electron chi connectivity index (χ2n) is 5.02. The van der Waals surface area contributed by atoms with E-state index >= 15 is 0 Å². The van der Waals surface area contributed by atoms with Crippen molar-refractivity contribution in [2.75, 3.05) is 23.9 Å². The van der Waals surface area contributed by atoms with Crippen LogP contribution in [-0.2, 0) is 0 Å². The predicted molar refractivity (Wildman–Crippen MR) is 84.3 cm³/mol. The zero-order chi connectivity index (χ0) is 14.6. The van der Waals surface area contributed by atoms with Crippen molar-refractivity contribution in [2.24, 2.45) is 0 Å². The molecule has 0 saturated carbocycles. The van der Waals surface area contributed by atoms with E-state index in [9.17, 15) is 9.90 Å². The highest BCUT2D eigenvalue weighted by atomic mass is 32.2. The Bertz CT molecular complexity index is 595. The Labute approximate surface area is 122 Å². The normalized spacial score (nSPS) is 13.9.